The molecule has 1 aliphatic heterocycles. The zero-order valence-corrected chi connectivity index (χ0v) is 21.3. The number of nitrogens with zero attached hydrogens (tertiary/aromatic N) is 5. The lowest BCUT2D eigenvalue weighted by Crippen LogP contribution is -2.53. The minimum absolute atomic E-state index is 0.0254. The Morgan fingerprint density at radius 2 is 1.88 bits per heavy atom. The van der Waals surface area contributed by atoms with Gasteiger partial charge in [-0.05, 0) is 46.6 Å². The van der Waals surface area contributed by atoms with Crippen LogP contribution < -0.4 is 15.5 Å². The van der Waals surface area contributed by atoms with E-state index in [1.54, 1.807) is 11.3 Å². The van der Waals surface area contributed by atoms with Gasteiger partial charge in [-0.1, -0.05) is 42.5 Å². The van der Waals surface area contributed by atoms with Crippen LogP contribution in [0.5, 0.6) is 0 Å². The molecule has 2 aromatic heterocycles. The van der Waals surface area contributed by atoms with Crippen LogP contribution in [0.4, 0.5) is 15.7 Å². The Labute approximate surface area is 200 Å². The highest BCUT2D eigenvalue weighted by molar-refractivity contribution is 7.20. The Balaban J connectivity index is 1.58. The first-order valence-electron chi connectivity index (χ1n) is 11.7. The first kappa shape index (κ1) is 23.4. The fourth-order valence-electron chi connectivity index (χ4n) is 3.86. The number of nitrogens with one attached hydrogen (secondary N) is 2. The molecule has 3 heterocycles. The smallest absolute Gasteiger partial charge is 0.317 e. The molecule has 1 aromatic carbocycles. The number of rotatable bonds is 5. The molecule has 2 N–H and O–H groups in total. The van der Waals surface area contributed by atoms with Crippen molar-refractivity contribution < 1.29 is 4.79 Å². The predicted molar refractivity (Wildman–Crippen MR) is 136 cm³/mol. The van der Waals surface area contributed by atoms with Crippen LogP contribution in [-0.2, 0) is 0 Å². The Morgan fingerprint density at radius 1 is 1.18 bits per heavy atom. The number of aryl methyl sites for hydroxylation is 1. The monoisotopic (exact) mass is 469 g/mol. The molecule has 0 aliphatic carbocycles. The summed E-state index contributed by atoms with van der Waals surface area (Å²) in [7, 11) is 0. The number of aromatic nitrogens is 3. The van der Waals surface area contributed by atoms with Gasteiger partial charge in [0.05, 0.1) is 0 Å². The second-order valence-corrected chi connectivity index (χ2v) is 10.7. The molecule has 8 nitrogen and oxygen atoms in total. The average Bonchev–Trinajstić information content (AvgIpc) is 3.32. The lowest BCUT2D eigenvalue weighted by atomic mass is 10.0. The standard InChI is InChI=1S/C24H35N7OS/c1-7-17(3)25-21(32)29-12-14-30(15-13-29)23-28-31-20(27-24(4,5)6)19(26-22(31)33-23)18-11-9-8-10-16(18)2/h8-11,17,27H,7,12-15H2,1-6H3,(H,25,32). The summed E-state index contributed by atoms with van der Waals surface area (Å²) in [4.78, 5) is 22.4. The van der Waals surface area contributed by atoms with Gasteiger partial charge in [0, 0.05) is 43.3 Å². The number of benzene rings is 1. The molecule has 1 saturated heterocycles. The van der Waals surface area contributed by atoms with Crippen molar-refractivity contribution >= 4 is 33.3 Å². The van der Waals surface area contributed by atoms with Gasteiger partial charge >= 0.3 is 6.03 Å². The average molecular weight is 470 g/mol. The molecule has 3 aromatic rings. The summed E-state index contributed by atoms with van der Waals surface area (Å²) < 4.78 is 1.94. The van der Waals surface area contributed by atoms with Gasteiger partial charge in [0.2, 0.25) is 10.1 Å². The number of urea groups is 1. The Bertz CT molecular complexity index is 1120. The van der Waals surface area contributed by atoms with Crippen LogP contribution in [0.1, 0.15) is 46.6 Å². The third-order valence-electron chi connectivity index (χ3n) is 5.91. The summed E-state index contributed by atoms with van der Waals surface area (Å²) in [5, 5.41) is 12.6. The fraction of sp³-hybridized carbons (Fsp3) is 0.542. The van der Waals surface area contributed by atoms with Crippen LogP contribution in [0, 0.1) is 6.92 Å². The molecule has 0 bridgehead atoms. The number of hydrogen-bond acceptors (Lipinski definition) is 6. The van der Waals surface area contributed by atoms with Gasteiger partial charge in [0.1, 0.15) is 5.69 Å². The Kier molecular flexibility index (Phi) is 6.52. The van der Waals surface area contributed by atoms with Crippen molar-refractivity contribution in [3.8, 4) is 11.3 Å². The molecule has 9 heteroatoms. The van der Waals surface area contributed by atoms with E-state index >= 15 is 0 Å². The van der Waals surface area contributed by atoms with Crippen LogP contribution in [-0.4, -0.2) is 63.3 Å². The second-order valence-electron chi connectivity index (χ2n) is 9.81. The van der Waals surface area contributed by atoms with E-state index in [4.69, 9.17) is 10.1 Å². The van der Waals surface area contributed by atoms with Crippen molar-refractivity contribution in [3.63, 3.8) is 0 Å². The summed E-state index contributed by atoms with van der Waals surface area (Å²) in [6, 6.07) is 8.54. The van der Waals surface area contributed by atoms with Gasteiger partial charge in [-0.25, -0.2) is 9.78 Å². The predicted octanol–water partition coefficient (Wildman–Crippen LogP) is 4.61. The second kappa shape index (κ2) is 9.21. The van der Waals surface area contributed by atoms with E-state index in [0.717, 1.165) is 46.7 Å². The quantitative estimate of drug-likeness (QED) is 0.571. The fourth-order valence-corrected chi connectivity index (χ4v) is 4.82. The molecule has 0 radical (unpaired) electrons. The lowest BCUT2D eigenvalue weighted by molar-refractivity contribution is 0.190. The summed E-state index contributed by atoms with van der Waals surface area (Å²) in [5.41, 5.74) is 3.10. The highest BCUT2D eigenvalue weighted by Crippen LogP contribution is 2.36. The molecule has 2 amide bonds. The zero-order valence-electron chi connectivity index (χ0n) is 20.5. The van der Waals surface area contributed by atoms with Gasteiger partial charge in [-0.15, -0.1) is 5.10 Å². The molecule has 1 fully saturated rings. The summed E-state index contributed by atoms with van der Waals surface area (Å²) in [5.74, 6) is 0.917. The van der Waals surface area contributed by atoms with E-state index in [1.807, 2.05) is 28.5 Å². The highest BCUT2D eigenvalue weighted by Gasteiger charge is 2.27. The van der Waals surface area contributed by atoms with Gasteiger partial charge in [0.25, 0.3) is 0 Å². The third-order valence-corrected chi connectivity index (χ3v) is 6.88. The summed E-state index contributed by atoms with van der Waals surface area (Å²) in [6.45, 7) is 15.6. The van der Waals surface area contributed by atoms with Crippen molar-refractivity contribution in [1.82, 2.24) is 24.8 Å². The van der Waals surface area contributed by atoms with Crippen molar-refractivity contribution in [2.24, 2.45) is 0 Å². The molecular formula is C24H35N7OS. The summed E-state index contributed by atoms with van der Waals surface area (Å²) in [6.07, 6.45) is 0.931. The van der Waals surface area contributed by atoms with Crippen molar-refractivity contribution in [2.45, 2.75) is 59.5 Å². The molecule has 1 aliphatic rings. The van der Waals surface area contributed by atoms with Crippen molar-refractivity contribution in [1.29, 1.82) is 0 Å². The minimum atomic E-state index is -0.133. The maximum absolute atomic E-state index is 12.4. The topological polar surface area (TPSA) is 77.8 Å². The van der Waals surface area contributed by atoms with Gasteiger partial charge < -0.3 is 20.4 Å². The van der Waals surface area contributed by atoms with Gasteiger partial charge in [0.15, 0.2) is 5.82 Å². The number of anilines is 2. The van der Waals surface area contributed by atoms with E-state index in [0.29, 0.717) is 13.1 Å². The lowest BCUT2D eigenvalue weighted by Gasteiger charge is -2.34. The number of hydrogen-bond donors (Lipinski definition) is 2. The maximum Gasteiger partial charge on any atom is 0.317 e. The van der Waals surface area contributed by atoms with E-state index in [2.05, 4.69) is 62.3 Å². The molecular weight excluding hydrogens is 434 g/mol. The van der Waals surface area contributed by atoms with Crippen LogP contribution in [0.15, 0.2) is 24.3 Å². The van der Waals surface area contributed by atoms with E-state index in [-0.39, 0.29) is 17.6 Å². The Morgan fingerprint density at radius 3 is 2.52 bits per heavy atom. The van der Waals surface area contributed by atoms with E-state index < -0.39 is 0 Å². The number of piperazine rings is 1. The molecule has 0 saturated carbocycles. The first-order valence-corrected chi connectivity index (χ1v) is 12.5. The molecule has 0 spiro atoms. The number of fused-ring (bicyclic) bond motifs is 1. The zero-order chi connectivity index (χ0) is 23.8. The normalized spacial score (nSPS) is 15.7. The molecule has 1 atom stereocenters. The van der Waals surface area contributed by atoms with Crippen LogP contribution in [0.3, 0.4) is 0 Å². The number of imidazole rings is 1. The molecule has 178 valence electrons. The summed E-state index contributed by atoms with van der Waals surface area (Å²) >= 11 is 1.60. The third kappa shape index (κ3) is 5.08. The highest BCUT2D eigenvalue weighted by atomic mass is 32.1. The van der Waals surface area contributed by atoms with Crippen LogP contribution >= 0.6 is 11.3 Å². The van der Waals surface area contributed by atoms with Gasteiger partial charge in [-0.3, -0.25) is 0 Å². The first-order chi connectivity index (χ1) is 15.7. The Hall–Kier alpha value is -2.81. The number of amides is 2. The molecule has 4 rings (SSSR count). The van der Waals surface area contributed by atoms with Gasteiger partial charge in [-0.2, -0.15) is 4.52 Å². The van der Waals surface area contributed by atoms with Crippen LogP contribution in [0.25, 0.3) is 16.2 Å². The van der Waals surface area contributed by atoms with E-state index in [1.165, 1.54) is 5.56 Å². The van der Waals surface area contributed by atoms with Crippen molar-refractivity contribution in [3.05, 3.63) is 29.8 Å². The largest absolute Gasteiger partial charge is 0.364 e. The number of carbonyl (C=O) groups is 1. The molecule has 1 unspecified atom stereocenters. The minimum Gasteiger partial charge on any atom is -0.364 e. The van der Waals surface area contributed by atoms with Crippen LogP contribution in [0.2, 0.25) is 0 Å². The van der Waals surface area contributed by atoms with E-state index in [9.17, 15) is 4.79 Å². The maximum atomic E-state index is 12.4. The number of carbonyl (C=O) groups excluding carboxylic acids is 1. The molecule has 33 heavy (non-hydrogen) atoms. The SMILES string of the molecule is CCC(C)NC(=O)N1CCN(c2nn3c(NC(C)(C)C)c(-c4ccccc4C)nc3s2)CC1. The van der Waals surface area contributed by atoms with Crippen molar-refractivity contribution in [2.75, 3.05) is 36.4 Å².